The Bertz CT molecular complexity index is 526. The van der Waals surface area contributed by atoms with E-state index in [0.717, 1.165) is 5.56 Å². The summed E-state index contributed by atoms with van der Waals surface area (Å²) in [5.74, 6) is -1.60. The summed E-state index contributed by atoms with van der Waals surface area (Å²) in [6.07, 6.45) is 2.31. The van der Waals surface area contributed by atoms with Crippen LogP contribution in [0.2, 0.25) is 0 Å². The van der Waals surface area contributed by atoms with Gasteiger partial charge in [-0.3, -0.25) is 9.59 Å². The zero-order valence-corrected chi connectivity index (χ0v) is 12.0. The van der Waals surface area contributed by atoms with Crippen molar-refractivity contribution in [1.82, 2.24) is 5.32 Å². The summed E-state index contributed by atoms with van der Waals surface area (Å²) < 4.78 is 13.1. The molecule has 1 fully saturated rings. The van der Waals surface area contributed by atoms with Crippen LogP contribution in [0.4, 0.5) is 4.39 Å². The Morgan fingerprint density at radius 1 is 1.43 bits per heavy atom. The lowest BCUT2D eigenvalue weighted by atomic mass is 9.80. The SMILES string of the molecule is CC(CCc1cccc(F)c1)C(=O)NC1CC(C(=O)O)C1. The van der Waals surface area contributed by atoms with Gasteiger partial charge in [0.15, 0.2) is 0 Å². The molecule has 4 nitrogen and oxygen atoms in total. The van der Waals surface area contributed by atoms with Gasteiger partial charge in [-0.2, -0.15) is 0 Å². The van der Waals surface area contributed by atoms with Crippen molar-refractivity contribution in [3.05, 3.63) is 35.6 Å². The molecule has 0 saturated heterocycles. The maximum absolute atomic E-state index is 13.1. The van der Waals surface area contributed by atoms with Crippen molar-refractivity contribution in [3.63, 3.8) is 0 Å². The third kappa shape index (κ3) is 4.28. The molecule has 5 heteroatoms. The number of carboxylic acids is 1. The molecule has 1 aromatic carbocycles. The van der Waals surface area contributed by atoms with Gasteiger partial charge in [-0.25, -0.2) is 4.39 Å². The van der Waals surface area contributed by atoms with E-state index in [-0.39, 0.29) is 29.6 Å². The smallest absolute Gasteiger partial charge is 0.306 e. The predicted molar refractivity (Wildman–Crippen MR) is 76.2 cm³/mol. The topological polar surface area (TPSA) is 66.4 Å². The Balaban J connectivity index is 1.72. The van der Waals surface area contributed by atoms with Crippen molar-refractivity contribution >= 4 is 11.9 Å². The lowest BCUT2D eigenvalue weighted by Crippen LogP contribution is -2.48. The first-order valence-electron chi connectivity index (χ1n) is 7.23. The van der Waals surface area contributed by atoms with Gasteiger partial charge in [0.1, 0.15) is 5.82 Å². The van der Waals surface area contributed by atoms with Crippen LogP contribution in [-0.4, -0.2) is 23.0 Å². The lowest BCUT2D eigenvalue weighted by Gasteiger charge is -2.33. The molecule has 2 rings (SSSR count). The van der Waals surface area contributed by atoms with Gasteiger partial charge in [0.2, 0.25) is 5.91 Å². The fourth-order valence-corrected chi connectivity index (χ4v) is 2.49. The largest absolute Gasteiger partial charge is 0.481 e. The third-order valence-electron chi connectivity index (χ3n) is 4.04. The van der Waals surface area contributed by atoms with E-state index < -0.39 is 5.97 Å². The first kappa shape index (κ1) is 15.5. The van der Waals surface area contributed by atoms with E-state index in [1.807, 2.05) is 13.0 Å². The van der Waals surface area contributed by atoms with Gasteiger partial charge in [-0.1, -0.05) is 19.1 Å². The Hall–Kier alpha value is -1.91. The molecule has 0 heterocycles. The quantitative estimate of drug-likeness (QED) is 0.846. The molecular weight excluding hydrogens is 273 g/mol. The minimum atomic E-state index is -0.792. The Morgan fingerprint density at radius 2 is 2.14 bits per heavy atom. The van der Waals surface area contributed by atoms with Crippen LogP contribution in [0, 0.1) is 17.7 Å². The van der Waals surface area contributed by atoms with E-state index in [1.165, 1.54) is 12.1 Å². The summed E-state index contributed by atoms with van der Waals surface area (Å²) in [4.78, 5) is 22.7. The molecule has 1 aromatic rings. The maximum Gasteiger partial charge on any atom is 0.306 e. The summed E-state index contributed by atoms with van der Waals surface area (Å²) in [6.45, 7) is 1.84. The molecule has 1 unspecified atom stereocenters. The summed E-state index contributed by atoms with van der Waals surface area (Å²) in [6, 6.07) is 6.37. The molecular formula is C16H20FNO3. The first-order chi connectivity index (χ1) is 9.95. The second-order valence-electron chi connectivity index (χ2n) is 5.78. The highest BCUT2D eigenvalue weighted by Gasteiger charge is 2.35. The minimum Gasteiger partial charge on any atom is -0.481 e. The third-order valence-corrected chi connectivity index (χ3v) is 4.04. The number of benzene rings is 1. The average molecular weight is 293 g/mol. The monoisotopic (exact) mass is 293 g/mol. The normalized spacial score (nSPS) is 22.2. The number of carbonyl (C=O) groups excluding carboxylic acids is 1. The Labute approximate surface area is 123 Å². The Morgan fingerprint density at radius 3 is 2.76 bits per heavy atom. The van der Waals surface area contributed by atoms with Crippen LogP contribution >= 0.6 is 0 Å². The van der Waals surface area contributed by atoms with Gasteiger partial charge in [-0.05, 0) is 43.4 Å². The van der Waals surface area contributed by atoms with Crippen molar-refractivity contribution in [1.29, 1.82) is 0 Å². The fraction of sp³-hybridized carbons (Fsp3) is 0.500. The fourth-order valence-electron chi connectivity index (χ4n) is 2.49. The van der Waals surface area contributed by atoms with Gasteiger partial charge >= 0.3 is 5.97 Å². The molecule has 1 aliphatic rings. The molecule has 1 amide bonds. The van der Waals surface area contributed by atoms with Crippen LogP contribution < -0.4 is 5.32 Å². The van der Waals surface area contributed by atoms with Crippen LogP contribution in [0.5, 0.6) is 0 Å². The van der Waals surface area contributed by atoms with Gasteiger partial charge in [-0.15, -0.1) is 0 Å². The van der Waals surface area contributed by atoms with Crippen molar-refractivity contribution in [2.24, 2.45) is 11.8 Å². The van der Waals surface area contributed by atoms with Crippen LogP contribution in [0.25, 0.3) is 0 Å². The number of aryl methyl sites for hydroxylation is 1. The van der Waals surface area contributed by atoms with Gasteiger partial charge in [0.05, 0.1) is 5.92 Å². The van der Waals surface area contributed by atoms with Crippen molar-refractivity contribution in [2.45, 2.75) is 38.6 Å². The van der Waals surface area contributed by atoms with Crippen LogP contribution in [0.3, 0.4) is 0 Å². The lowest BCUT2D eigenvalue weighted by molar-refractivity contribution is -0.146. The number of halogens is 1. The molecule has 1 aliphatic carbocycles. The summed E-state index contributed by atoms with van der Waals surface area (Å²) >= 11 is 0. The van der Waals surface area contributed by atoms with Gasteiger partial charge in [0.25, 0.3) is 0 Å². The number of carboxylic acid groups (broad SMARTS) is 1. The number of aliphatic carboxylic acids is 1. The second kappa shape index (κ2) is 6.70. The molecule has 1 atom stereocenters. The molecule has 114 valence electrons. The van der Waals surface area contributed by atoms with Crippen LogP contribution in [0.1, 0.15) is 31.7 Å². The number of rotatable bonds is 6. The predicted octanol–water partition coefficient (Wildman–Crippen LogP) is 2.37. The molecule has 0 aliphatic heterocycles. The first-order valence-corrected chi connectivity index (χ1v) is 7.23. The number of amides is 1. The maximum atomic E-state index is 13.1. The van der Waals surface area contributed by atoms with E-state index in [9.17, 15) is 14.0 Å². The summed E-state index contributed by atoms with van der Waals surface area (Å²) in [5, 5.41) is 11.7. The van der Waals surface area contributed by atoms with Crippen LogP contribution in [0.15, 0.2) is 24.3 Å². The second-order valence-corrected chi connectivity index (χ2v) is 5.78. The van der Waals surface area contributed by atoms with E-state index in [0.29, 0.717) is 25.7 Å². The average Bonchev–Trinajstić information content (AvgIpc) is 2.39. The summed E-state index contributed by atoms with van der Waals surface area (Å²) in [5.41, 5.74) is 0.879. The number of hydrogen-bond donors (Lipinski definition) is 2. The highest BCUT2D eigenvalue weighted by molar-refractivity contribution is 5.79. The van der Waals surface area contributed by atoms with E-state index >= 15 is 0 Å². The van der Waals surface area contributed by atoms with E-state index in [2.05, 4.69) is 5.32 Å². The molecule has 21 heavy (non-hydrogen) atoms. The summed E-state index contributed by atoms with van der Waals surface area (Å²) in [7, 11) is 0. The van der Waals surface area contributed by atoms with Gasteiger partial charge in [0, 0.05) is 12.0 Å². The minimum absolute atomic E-state index is 0.0183. The van der Waals surface area contributed by atoms with Crippen molar-refractivity contribution < 1.29 is 19.1 Å². The number of hydrogen-bond acceptors (Lipinski definition) is 2. The van der Waals surface area contributed by atoms with Gasteiger partial charge < -0.3 is 10.4 Å². The standard InChI is InChI=1S/C16H20FNO3/c1-10(5-6-11-3-2-4-13(17)7-11)15(19)18-14-8-12(9-14)16(20)21/h2-4,7,10,12,14H,5-6,8-9H2,1H3,(H,18,19)(H,20,21). The zero-order valence-electron chi connectivity index (χ0n) is 12.0. The molecule has 1 saturated carbocycles. The molecule has 0 spiro atoms. The molecule has 2 N–H and O–H groups in total. The van der Waals surface area contributed by atoms with Crippen LogP contribution in [-0.2, 0) is 16.0 Å². The zero-order chi connectivity index (χ0) is 15.4. The van der Waals surface area contributed by atoms with E-state index in [4.69, 9.17) is 5.11 Å². The molecule has 0 radical (unpaired) electrons. The Kier molecular flexibility index (Phi) is 4.94. The number of nitrogens with one attached hydrogen (secondary N) is 1. The number of carbonyl (C=O) groups is 2. The van der Waals surface area contributed by atoms with E-state index in [1.54, 1.807) is 6.07 Å². The highest BCUT2D eigenvalue weighted by atomic mass is 19.1. The molecule has 0 aromatic heterocycles. The van der Waals surface area contributed by atoms with Crippen molar-refractivity contribution in [2.75, 3.05) is 0 Å². The molecule has 0 bridgehead atoms. The highest BCUT2D eigenvalue weighted by Crippen LogP contribution is 2.27. The van der Waals surface area contributed by atoms with Crippen molar-refractivity contribution in [3.8, 4) is 0 Å².